The molecule has 1 spiro atoms. The van der Waals surface area contributed by atoms with Crippen molar-refractivity contribution < 1.29 is 13.8 Å². The summed E-state index contributed by atoms with van der Waals surface area (Å²) in [5.74, 6) is 0.799. The van der Waals surface area contributed by atoms with Crippen molar-refractivity contribution in [2.75, 3.05) is 25.4 Å². The molecule has 1 aliphatic carbocycles. The van der Waals surface area contributed by atoms with Gasteiger partial charge in [-0.05, 0) is 37.8 Å². The van der Waals surface area contributed by atoms with Crippen LogP contribution in [0, 0.1) is 12.8 Å². The molecule has 25 heavy (non-hydrogen) atoms. The first-order chi connectivity index (χ1) is 12.0. The van der Waals surface area contributed by atoms with Crippen molar-refractivity contribution >= 4 is 22.6 Å². The Morgan fingerprint density at radius 3 is 2.64 bits per heavy atom. The molecule has 4 rings (SSSR count). The molecular weight excluding hydrogens is 336 g/mol. The fourth-order valence-corrected chi connectivity index (χ4v) is 5.73. The lowest BCUT2D eigenvalue weighted by Crippen LogP contribution is -2.56. The Morgan fingerprint density at radius 1 is 1.28 bits per heavy atom. The number of piperidine rings is 1. The smallest absolute Gasteiger partial charge is 0.253 e. The Hall–Kier alpha value is -1.69. The maximum Gasteiger partial charge on any atom is 0.253 e. The van der Waals surface area contributed by atoms with E-state index in [1.807, 2.05) is 41.0 Å². The van der Waals surface area contributed by atoms with E-state index in [9.17, 15) is 13.8 Å². The van der Waals surface area contributed by atoms with Crippen molar-refractivity contribution in [2.45, 2.75) is 37.5 Å². The lowest BCUT2D eigenvalue weighted by Gasteiger charge is -2.43. The van der Waals surface area contributed by atoms with Crippen molar-refractivity contribution in [3.05, 3.63) is 35.4 Å². The molecule has 0 N–H and O–H groups in total. The average molecular weight is 360 g/mol. The van der Waals surface area contributed by atoms with Gasteiger partial charge < -0.3 is 9.80 Å². The minimum Gasteiger partial charge on any atom is -0.338 e. The Labute approximate surface area is 150 Å². The molecule has 2 amide bonds. The number of nitrogens with zero attached hydrogens (tertiary/aromatic N) is 2. The molecule has 1 aromatic carbocycles. The van der Waals surface area contributed by atoms with E-state index in [1.54, 1.807) is 0 Å². The van der Waals surface area contributed by atoms with Crippen LogP contribution in [0.5, 0.6) is 0 Å². The Balaban J connectivity index is 1.48. The summed E-state index contributed by atoms with van der Waals surface area (Å²) in [6, 6.07) is 7.63. The standard InChI is InChI=1S/C19H24N2O3S/c1-14-3-2-4-16(11-14)18(23)20-9-7-19(8-10-20)21(12-15-5-6-15)17(22)13-25(19)24/h2-4,11,15H,5-10,12-13H2,1H3. The maximum absolute atomic E-state index is 12.7. The molecule has 0 aromatic heterocycles. The Morgan fingerprint density at radius 2 is 2.00 bits per heavy atom. The summed E-state index contributed by atoms with van der Waals surface area (Å²) in [6.07, 6.45) is 3.58. The van der Waals surface area contributed by atoms with Crippen LogP contribution in [0.15, 0.2) is 24.3 Å². The summed E-state index contributed by atoms with van der Waals surface area (Å²) < 4.78 is 12.7. The number of hydrogen-bond donors (Lipinski definition) is 0. The van der Waals surface area contributed by atoms with Gasteiger partial charge in [-0.2, -0.15) is 0 Å². The van der Waals surface area contributed by atoms with Crippen LogP contribution in [0.1, 0.15) is 41.6 Å². The molecule has 6 heteroatoms. The highest BCUT2D eigenvalue weighted by Gasteiger charge is 2.54. The van der Waals surface area contributed by atoms with E-state index >= 15 is 0 Å². The van der Waals surface area contributed by atoms with E-state index in [4.69, 9.17) is 0 Å². The van der Waals surface area contributed by atoms with Gasteiger partial charge in [-0.25, -0.2) is 0 Å². The number of amides is 2. The molecule has 1 saturated carbocycles. The second kappa shape index (κ2) is 6.24. The summed E-state index contributed by atoms with van der Waals surface area (Å²) in [4.78, 5) is 28.3. The summed E-state index contributed by atoms with van der Waals surface area (Å²) in [5.41, 5.74) is 1.77. The first kappa shape index (κ1) is 16.8. The van der Waals surface area contributed by atoms with Crippen LogP contribution in [-0.4, -0.2) is 56.1 Å². The zero-order valence-corrected chi connectivity index (χ0v) is 15.4. The number of aryl methyl sites for hydroxylation is 1. The van der Waals surface area contributed by atoms with Crippen molar-refractivity contribution in [3.63, 3.8) is 0 Å². The van der Waals surface area contributed by atoms with Crippen LogP contribution in [0.25, 0.3) is 0 Å². The number of rotatable bonds is 3. The predicted octanol–water partition coefficient (Wildman–Crippen LogP) is 1.93. The average Bonchev–Trinajstić information content (AvgIpc) is 3.39. The first-order valence-corrected chi connectivity index (χ1v) is 10.4. The van der Waals surface area contributed by atoms with Crippen molar-refractivity contribution in [3.8, 4) is 0 Å². The summed E-state index contributed by atoms with van der Waals surface area (Å²) in [6.45, 7) is 3.85. The number of carbonyl (C=O) groups is 2. The van der Waals surface area contributed by atoms with Gasteiger partial charge in [0.1, 0.15) is 10.6 Å². The van der Waals surface area contributed by atoms with Gasteiger partial charge >= 0.3 is 0 Å². The molecule has 134 valence electrons. The molecule has 1 aromatic rings. The first-order valence-electron chi connectivity index (χ1n) is 9.04. The van der Waals surface area contributed by atoms with E-state index in [0.717, 1.165) is 12.1 Å². The number of likely N-dealkylation sites (tertiary alicyclic amines) is 1. The molecule has 3 aliphatic rings. The van der Waals surface area contributed by atoms with Gasteiger partial charge in [-0.15, -0.1) is 0 Å². The second-order valence-electron chi connectivity index (χ2n) is 7.55. The molecule has 3 fully saturated rings. The molecule has 1 unspecified atom stereocenters. The monoisotopic (exact) mass is 360 g/mol. The lowest BCUT2D eigenvalue weighted by molar-refractivity contribution is -0.131. The van der Waals surface area contributed by atoms with E-state index in [0.29, 0.717) is 37.4 Å². The molecule has 1 atom stereocenters. The summed E-state index contributed by atoms with van der Waals surface area (Å²) in [7, 11) is -1.15. The van der Waals surface area contributed by atoms with Gasteiger partial charge in [0.2, 0.25) is 5.91 Å². The molecule has 0 radical (unpaired) electrons. The van der Waals surface area contributed by atoms with Crippen LogP contribution >= 0.6 is 0 Å². The van der Waals surface area contributed by atoms with Crippen molar-refractivity contribution in [1.82, 2.24) is 9.80 Å². The van der Waals surface area contributed by atoms with Crippen LogP contribution in [0.2, 0.25) is 0 Å². The van der Waals surface area contributed by atoms with Crippen LogP contribution in [0.4, 0.5) is 0 Å². The van der Waals surface area contributed by atoms with Gasteiger partial charge in [0, 0.05) is 38.0 Å². The Kier molecular flexibility index (Phi) is 4.18. The van der Waals surface area contributed by atoms with Crippen LogP contribution in [-0.2, 0) is 15.6 Å². The van der Waals surface area contributed by atoms with Gasteiger partial charge in [-0.1, -0.05) is 17.7 Å². The molecule has 2 heterocycles. The Bertz CT molecular complexity index is 736. The topological polar surface area (TPSA) is 57.7 Å². The largest absolute Gasteiger partial charge is 0.338 e. The lowest BCUT2D eigenvalue weighted by atomic mass is 10.0. The predicted molar refractivity (Wildman–Crippen MR) is 96.5 cm³/mol. The molecular formula is C19H24N2O3S. The highest BCUT2D eigenvalue weighted by molar-refractivity contribution is 7.87. The third-order valence-corrected chi connectivity index (χ3v) is 7.69. The normalized spacial score (nSPS) is 25.6. The number of benzene rings is 1. The molecule has 2 aliphatic heterocycles. The highest BCUT2D eigenvalue weighted by atomic mass is 32.2. The van der Waals surface area contributed by atoms with Crippen LogP contribution < -0.4 is 0 Å². The number of carbonyl (C=O) groups excluding carboxylic acids is 2. The third-order valence-electron chi connectivity index (χ3n) is 5.71. The maximum atomic E-state index is 12.7. The number of hydrogen-bond acceptors (Lipinski definition) is 3. The van der Waals surface area contributed by atoms with Gasteiger partial charge in [-0.3, -0.25) is 13.8 Å². The minimum absolute atomic E-state index is 0.0300. The summed E-state index contributed by atoms with van der Waals surface area (Å²) >= 11 is 0. The van der Waals surface area contributed by atoms with Crippen molar-refractivity contribution in [1.29, 1.82) is 0 Å². The summed E-state index contributed by atoms with van der Waals surface area (Å²) in [5, 5.41) is 0. The van der Waals surface area contributed by atoms with Gasteiger partial charge in [0.25, 0.3) is 5.91 Å². The zero-order valence-electron chi connectivity index (χ0n) is 14.6. The molecule has 0 bridgehead atoms. The highest BCUT2D eigenvalue weighted by Crippen LogP contribution is 2.41. The molecule has 5 nitrogen and oxygen atoms in total. The SMILES string of the molecule is Cc1cccc(C(=O)N2CCC3(CC2)N(CC2CC2)C(=O)CS3=O)c1. The quantitative estimate of drug-likeness (QED) is 0.828. The van der Waals surface area contributed by atoms with E-state index in [-0.39, 0.29) is 17.6 Å². The fraction of sp³-hybridized carbons (Fsp3) is 0.579. The van der Waals surface area contributed by atoms with Gasteiger partial charge in [0.05, 0.1) is 10.8 Å². The van der Waals surface area contributed by atoms with Crippen molar-refractivity contribution in [2.24, 2.45) is 5.92 Å². The molecule has 2 saturated heterocycles. The second-order valence-corrected chi connectivity index (χ2v) is 9.29. The zero-order chi connectivity index (χ0) is 17.6. The van der Waals surface area contributed by atoms with E-state index in [2.05, 4.69) is 0 Å². The van der Waals surface area contributed by atoms with Crippen LogP contribution in [0.3, 0.4) is 0 Å². The van der Waals surface area contributed by atoms with E-state index in [1.165, 1.54) is 12.8 Å². The third kappa shape index (κ3) is 3.01. The van der Waals surface area contributed by atoms with E-state index < -0.39 is 15.7 Å². The fourth-order valence-electron chi connectivity index (χ4n) is 4.02. The minimum atomic E-state index is -1.15. The van der Waals surface area contributed by atoms with Gasteiger partial charge in [0.15, 0.2) is 0 Å².